The van der Waals surface area contributed by atoms with Gasteiger partial charge >= 0.3 is 0 Å². The molecular formula is C21H18F2N4O2. The second kappa shape index (κ2) is 8.47. The fourth-order valence-corrected chi connectivity index (χ4v) is 2.49. The molecular weight excluding hydrogens is 378 g/mol. The lowest BCUT2D eigenvalue weighted by Crippen LogP contribution is -2.18. The van der Waals surface area contributed by atoms with Gasteiger partial charge in [0.1, 0.15) is 11.4 Å². The molecule has 0 fully saturated rings. The maximum atomic E-state index is 13.3. The van der Waals surface area contributed by atoms with E-state index in [1.165, 1.54) is 24.3 Å². The topological polar surface area (TPSA) is 74.3 Å². The van der Waals surface area contributed by atoms with Gasteiger partial charge in [-0.05, 0) is 48.5 Å². The molecule has 0 aliphatic rings. The number of nitrogens with zero attached hydrogens (tertiary/aromatic N) is 2. The minimum absolute atomic E-state index is 0.0367. The summed E-state index contributed by atoms with van der Waals surface area (Å²) in [6, 6.07) is 14.6. The lowest BCUT2D eigenvalue weighted by molar-refractivity contribution is 0.101. The lowest BCUT2D eigenvalue weighted by atomic mass is 10.2. The fourth-order valence-electron chi connectivity index (χ4n) is 2.49. The van der Waals surface area contributed by atoms with Crippen molar-refractivity contribution in [2.75, 3.05) is 29.6 Å². The molecule has 1 aromatic heterocycles. The van der Waals surface area contributed by atoms with E-state index in [9.17, 15) is 18.4 Å². The van der Waals surface area contributed by atoms with Gasteiger partial charge in [-0.15, -0.1) is 0 Å². The first-order valence-corrected chi connectivity index (χ1v) is 8.65. The number of nitrogens with one attached hydrogen (secondary N) is 2. The van der Waals surface area contributed by atoms with Crippen LogP contribution in [0.25, 0.3) is 0 Å². The highest BCUT2D eigenvalue weighted by molar-refractivity contribution is 6.06. The van der Waals surface area contributed by atoms with E-state index in [4.69, 9.17) is 0 Å². The molecule has 0 aliphatic heterocycles. The molecule has 2 amide bonds. The van der Waals surface area contributed by atoms with Gasteiger partial charge in [0.15, 0.2) is 11.6 Å². The second-order valence-corrected chi connectivity index (χ2v) is 6.39. The van der Waals surface area contributed by atoms with Gasteiger partial charge in [0.2, 0.25) is 0 Å². The number of pyridine rings is 1. The third-order valence-electron chi connectivity index (χ3n) is 4.03. The number of anilines is 3. The molecule has 0 unspecified atom stereocenters. The summed E-state index contributed by atoms with van der Waals surface area (Å²) in [5.41, 5.74) is 1.65. The van der Waals surface area contributed by atoms with E-state index in [0.29, 0.717) is 5.69 Å². The minimum Gasteiger partial charge on any atom is -0.378 e. The largest absolute Gasteiger partial charge is 0.378 e. The van der Waals surface area contributed by atoms with Gasteiger partial charge in [-0.2, -0.15) is 0 Å². The Bertz CT molecular complexity index is 1050. The molecule has 1 heterocycles. The average Bonchev–Trinajstić information content (AvgIpc) is 2.71. The first kappa shape index (κ1) is 19.9. The van der Waals surface area contributed by atoms with E-state index in [0.717, 1.165) is 17.8 Å². The van der Waals surface area contributed by atoms with Gasteiger partial charge in [0, 0.05) is 37.2 Å². The van der Waals surface area contributed by atoms with Gasteiger partial charge in [-0.1, -0.05) is 6.07 Å². The number of benzene rings is 2. The van der Waals surface area contributed by atoms with Crippen LogP contribution in [-0.2, 0) is 0 Å². The smallest absolute Gasteiger partial charge is 0.274 e. The van der Waals surface area contributed by atoms with Crippen molar-refractivity contribution in [2.24, 2.45) is 0 Å². The van der Waals surface area contributed by atoms with Crippen LogP contribution in [-0.4, -0.2) is 30.9 Å². The van der Waals surface area contributed by atoms with Gasteiger partial charge in [0.05, 0.1) is 0 Å². The standard InChI is InChI=1S/C21H18F2N4O2/c1-27(2)15-9-6-13(7-10-15)24-20(28)18-4-3-5-19(26-18)21(29)25-14-8-11-16(22)17(23)12-14/h3-12H,1-2H3,(H,24,28)(H,25,29). The Hall–Kier alpha value is -3.81. The second-order valence-electron chi connectivity index (χ2n) is 6.39. The molecule has 2 N–H and O–H groups in total. The quantitative estimate of drug-likeness (QED) is 0.685. The van der Waals surface area contributed by atoms with Crippen molar-refractivity contribution >= 4 is 28.9 Å². The predicted molar refractivity (Wildman–Crippen MR) is 107 cm³/mol. The monoisotopic (exact) mass is 396 g/mol. The Morgan fingerprint density at radius 1 is 0.793 bits per heavy atom. The number of rotatable bonds is 5. The molecule has 0 saturated heterocycles. The van der Waals surface area contributed by atoms with Crippen molar-refractivity contribution in [1.29, 1.82) is 0 Å². The molecule has 0 bridgehead atoms. The van der Waals surface area contributed by atoms with Crippen LogP contribution in [0.1, 0.15) is 21.0 Å². The van der Waals surface area contributed by atoms with E-state index in [1.54, 1.807) is 12.1 Å². The highest BCUT2D eigenvalue weighted by atomic mass is 19.2. The SMILES string of the molecule is CN(C)c1ccc(NC(=O)c2cccc(C(=O)Nc3ccc(F)c(F)c3)n2)cc1. The molecule has 0 atom stereocenters. The van der Waals surface area contributed by atoms with Crippen LogP contribution in [0.3, 0.4) is 0 Å². The third kappa shape index (κ3) is 4.92. The van der Waals surface area contributed by atoms with Gasteiger partial charge in [-0.25, -0.2) is 13.8 Å². The zero-order chi connectivity index (χ0) is 21.0. The van der Waals surface area contributed by atoms with Crippen LogP contribution >= 0.6 is 0 Å². The molecule has 2 aromatic carbocycles. The molecule has 6 nitrogen and oxygen atoms in total. The Morgan fingerprint density at radius 3 is 1.90 bits per heavy atom. The minimum atomic E-state index is -1.08. The summed E-state index contributed by atoms with van der Waals surface area (Å²) in [5.74, 6) is -3.23. The highest BCUT2D eigenvalue weighted by Gasteiger charge is 2.14. The molecule has 0 saturated carbocycles. The van der Waals surface area contributed by atoms with Gasteiger partial charge in [-0.3, -0.25) is 9.59 Å². The van der Waals surface area contributed by atoms with Crippen molar-refractivity contribution < 1.29 is 18.4 Å². The molecule has 3 rings (SSSR count). The number of carbonyl (C=O) groups excluding carboxylic acids is 2. The van der Waals surface area contributed by atoms with Crippen LogP contribution < -0.4 is 15.5 Å². The number of hydrogen-bond donors (Lipinski definition) is 2. The van der Waals surface area contributed by atoms with Gasteiger partial charge < -0.3 is 15.5 Å². The fraction of sp³-hybridized carbons (Fsp3) is 0.0952. The normalized spacial score (nSPS) is 10.3. The Labute approximate surface area is 166 Å². The van der Waals surface area contributed by atoms with Crippen molar-refractivity contribution in [3.63, 3.8) is 0 Å². The summed E-state index contributed by atoms with van der Waals surface area (Å²) in [7, 11) is 3.82. The molecule has 3 aromatic rings. The van der Waals surface area contributed by atoms with Crippen molar-refractivity contribution in [3.8, 4) is 0 Å². The van der Waals surface area contributed by atoms with Crippen molar-refractivity contribution in [1.82, 2.24) is 4.98 Å². The number of carbonyl (C=O) groups is 2. The molecule has 8 heteroatoms. The average molecular weight is 396 g/mol. The zero-order valence-corrected chi connectivity index (χ0v) is 15.7. The summed E-state index contributed by atoms with van der Waals surface area (Å²) in [4.78, 5) is 30.7. The van der Waals surface area contributed by atoms with Crippen molar-refractivity contribution in [2.45, 2.75) is 0 Å². The van der Waals surface area contributed by atoms with E-state index in [2.05, 4.69) is 15.6 Å². The van der Waals surface area contributed by atoms with Crippen LogP contribution in [0.4, 0.5) is 25.8 Å². The molecule has 29 heavy (non-hydrogen) atoms. The lowest BCUT2D eigenvalue weighted by Gasteiger charge is -2.13. The van der Waals surface area contributed by atoms with Crippen molar-refractivity contribution in [3.05, 3.63) is 83.7 Å². The number of aromatic nitrogens is 1. The highest BCUT2D eigenvalue weighted by Crippen LogP contribution is 2.17. The predicted octanol–water partition coefficient (Wildman–Crippen LogP) is 3.93. The number of amides is 2. The van der Waals surface area contributed by atoms with E-state index >= 15 is 0 Å². The number of hydrogen-bond acceptors (Lipinski definition) is 4. The summed E-state index contributed by atoms with van der Waals surface area (Å²) in [6.07, 6.45) is 0. The van der Waals surface area contributed by atoms with Crippen LogP contribution in [0.2, 0.25) is 0 Å². The number of halogens is 2. The Morgan fingerprint density at radius 2 is 1.34 bits per heavy atom. The third-order valence-corrected chi connectivity index (χ3v) is 4.03. The van der Waals surface area contributed by atoms with Gasteiger partial charge in [0.25, 0.3) is 11.8 Å². The first-order chi connectivity index (χ1) is 13.8. The summed E-state index contributed by atoms with van der Waals surface area (Å²) in [6.45, 7) is 0. The maximum Gasteiger partial charge on any atom is 0.274 e. The van der Waals surface area contributed by atoms with E-state index in [-0.39, 0.29) is 17.1 Å². The summed E-state index contributed by atoms with van der Waals surface area (Å²) < 4.78 is 26.3. The van der Waals surface area contributed by atoms with E-state index < -0.39 is 23.4 Å². The molecule has 0 aliphatic carbocycles. The van der Waals surface area contributed by atoms with Crippen LogP contribution in [0.15, 0.2) is 60.7 Å². The Kier molecular flexibility index (Phi) is 5.82. The van der Waals surface area contributed by atoms with Crippen LogP contribution in [0.5, 0.6) is 0 Å². The molecule has 0 radical (unpaired) electrons. The molecule has 148 valence electrons. The summed E-state index contributed by atoms with van der Waals surface area (Å²) >= 11 is 0. The first-order valence-electron chi connectivity index (χ1n) is 8.65. The zero-order valence-electron chi connectivity index (χ0n) is 15.7. The van der Waals surface area contributed by atoms with Crippen LogP contribution in [0, 0.1) is 11.6 Å². The Balaban J connectivity index is 1.71. The summed E-state index contributed by atoms with van der Waals surface area (Å²) in [5, 5.41) is 5.13. The van der Waals surface area contributed by atoms with E-state index in [1.807, 2.05) is 31.1 Å². The molecule has 0 spiro atoms. The maximum absolute atomic E-state index is 13.3.